The fourth-order valence-electron chi connectivity index (χ4n) is 1.25. The van der Waals surface area contributed by atoms with Crippen LogP contribution >= 0.6 is 0 Å². The molecule has 0 aliphatic heterocycles. The van der Waals surface area contributed by atoms with Crippen molar-refractivity contribution in [1.29, 1.82) is 0 Å². The molecule has 1 aromatic carbocycles. The number of carboxylic acids is 2. The summed E-state index contributed by atoms with van der Waals surface area (Å²) in [5.74, 6) is -4.01. The fourth-order valence-corrected chi connectivity index (χ4v) is 1.25. The van der Waals surface area contributed by atoms with Crippen LogP contribution in [0, 0.1) is 0 Å². The van der Waals surface area contributed by atoms with E-state index in [1.807, 2.05) is 0 Å². The van der Waals surface area contributed by atoms with Gasteiger partial charge in [-0.15, -0.1) is 0 Å². The number of aliphatic hydroxyl groups excluding tert-OH is 1. The van der Waals surface area contributed by atoms with E-state index in [0.717, 1.165) is 0 Å². The van der Waals surface area contributed by atoms with Crippen molar-refractivity contribution < 1.29 is 30.0 Å². The lowest BCUT2D eigenvalue weighted by atomic mass is 10.1. The minimum Gasteiger partial charge on any atom is -0.507 e. The van der Waals surface area contributed by atoms with E-state index in [9.17, 15) is 19.8 Å². The van der Waals surface area contributed by atoms with Gasteiger partial charge in [-0.2, -0.15) is 0 Å². The van der Waals surface area contributed by atoms with E-state index in [2.05, 4.69) is 0 Å². The third-order valence-electron chi connectivity index (χ3n) is 2.03. The Balaban J connectivity index is 3.29. The Labute approximate surface area is 96.1 Å². The van der Waals surface area contributed by atoms with Crippen molar-refractivity contribution in [3.8, 4) is 5.75 Å². The van der Waals surface area contributed by atoms with Crippen molar-refractivity contribution in [2.24, 2.45) is 0 Å². The van der Waals surface area contributed by atoms with E-state index in [-0.39, 0.29) is 11.3 Å². The molecule has 4 N–H and O–H groups in total. The van der Waals surface area contributed by atoms with Crippen molar-refractivity contribution >= 4 is 17.7 Å². The molecule has 6 nitrogen and oxygen atoms in total. The first-order valence-corrected chi connectivity index (χ1v) is 4.59. The minimum absolute atomic E-state index is 0.119. The number of hydrogen-bond donors (Lipinski definition) is 4. The predicted molar refractivity (Wildman–Crippen MR) is 57.5 cm³/mol. The Kier molecular flexibility index (Phi) is 3.71. The summed E-state index contributed by atoms with van der Waals surface area (Å²) in [5.41, 5.74) is -0.801. The highest BCUT2D eigenvalue weighted by Crippen LogP contribution is 2.26. The molecule has 0 atom stereocenters. The topological polar surface area (TPSA) is 115 Å². The number of para-hydroxylation sites is 1. The molecule has 0 radical (unpaired) electrons. The first-order chi connectivity index (χ1) is 7.93. The average molecular weight is 238 g/mol. The van der Waals surface area contributed by atoms with Crippen molar-refractivity contribution in [2.45, 2.75) is 6.42 Å². The second kappa shape index (κ2) is 5.02. The van der Waals surface area contributed by atoms with Gasteiger partial charge in [0.05, 0.1) is 17.6 Å². The largest absolute Gasteiger partial charge is 0.507 e. The van der Waals surface area contributed by atoms with Crippen LogP contribution in [0.5, 0.6) is 5.75 Å². The van der Waals surface area contributed by atoms with Crippen molar-refractivity contribution in [1.82, 2.24) is 0 Å². The smallest absolute Gasteiger partial charge is 0.335 e. The molecule has 17 heavy (non-hydrogen) atoms. The van der Waals surface area contributed by atoms with Crippen molar-refractivity contribution in [2.75, 3.05) is 0 Å². The van der Waals surface area contributed by atoms with Crippen LogP contribution in [0.2, 0.25) is 0 Å². The molecule has 0 aliphatic carbocycles. The van der Waals surface area contributed by atoms with Gasteiger partial charge in [-0.1, -0.05) is 12.1 Å². The van der Waals surface area contributed by atoms with Crippen LogP contribution in [0.4, 0.5) is 0 Å². The number of hydrogen-bond acceptors (Lipinski definition) is 4. The molecule has 0 spiro atoms. The molecule has 90 valence electrons. The van der Waals surface area contributed by atoms with E-state index in [1.54, 1.807) is 0 Å². The number of carbonyl (C=O) groups is 2. The summed E-state index contributed by atoms with van der Waals surface area (Å²) in [6, 6.07) is 5.51. The molecule has 0 aliphatic rings. The Bertz CT molecular complexity index is 488. The molecule has 0 amide bonds. The number of aromatic hydroxyl groups is 1. The molecule has 6 heteroatoms. The molecular formula is C11H10O6. The molecule has 0 fully saturated rings. The zero-order chi connectivity index (χ0) is 13.0. The molecule has 0 unspecified atom stereocenters. The monoisotopic (exact) mass is 238 g/mol. The Morgan fingerprint density at radius 1 is 1.06 bits per heavy atom. The number of phenolic OH excluding ortho intramolecular Hbond substituents is 1. The zero-order valence-corrected chi connectivity index (χ0v) is 8.62. The van der Waals surface area contributed by atoms with Crippen LogP contribution in [0.1, 0.15) is 12.0 Å². The van der Waals surface area contributed by atoms with Gasteiger partial charge in [0, 0.05) is 0 Å². The van der Waals surface area contributed by atoms with Gasteiger partial charge in [0.15, 0.2) is 0 Å². The highest BCUT2D eigenvalue weighted by atomic mass is 16.4. The summed E-state index contributed by atoms with van der Waals surface area (Å²) >= 11 is 0. The van der Waals surface area contributed by atoms with Crippen LogP contribution in [0.25, 0.3) is 5.76 Å². The standard InChI is InChI=1S/C11H10O6/c12-8-4-2-1-3-6(8)10(15)7(11(16)17)5-9(13)14/h1-4,12,15H,5H2,(H,13,14)(H,16,17). The van der Waals surface area contributed by atoms with E-state index < -0.39 is 29.7 Å². The predicted octanol–water partition coefficient (Wildman–Crippen LogP) is 1.22. The molecule has 0 saturated heterocycles. The number of aliphatic hydroxyl groups is 1. The van der Waals surface area contributed by atoms with Gasteiger partial charge in [-0.3, -0.25) is 4.79 Å². The van der Waals surface area contributed by atoms with Crippen LogP contribution in [-0.2, 0) is 9.59 Å². The normalized spacial score (nSPS) is 11.8. The highest BCUT2D eigenvalue weighted by Gasteiger charge is 2.20. The number of aliphatic carboxylic acids is 2. The molecule has 1 rings (SSSR count). The average Bonchev–Trinajstić information content (AvgIpc) is 2.25. The first-order valence-electron chi connectivity index (χ1n) is 4.59. The molecule has 0 bridgehead atoms. The van der Waals surface area contributed by atoms with Gasteiger partial charge in [0.2, 0.25) is 0 Å². The number of phenols is 1. The molecule has 0 aromatic heterocycles. The Morgan fingerprint density at radius 2 is 1.65 bits per heavy atom. The van der Waals surface area contributed by atoms with Crippen LogP contribution in [-0.4, -0.2) is 32.4 Å². The lowest BCUT2D eigenvalue weighted by molar-refractivity contribution is -0.139. The first kappa shape index (κ1) is 12.6. The van der Waals surface area contributed by atoms with Gasteiger partial charge in [0.25, 0.3) is 0 Å². The van der Waals surface area contributed by atoms with Gasteiger partial charge in [0.1, 0.15) is 11.5 Å². The SMILES string of the molecule is O=C(O)CC(C(=O)O)=C(O)c1ccccc1O. The highest BCUT2D eigenvalue weighted by molar-refractivity contribution is 5.99. The summed E-state index contributed by atoms with van der Waals surface area (Å²) in [5, 5.41) is 36.4. The van der Waals surface area contributed by atoms with E-state index in [1.165, 1.54) is 24.3 Å². The van der Waals surface area contributed by atoms with E-state index in [0.29, 0.717) is 0 Å². The number of rotatable bonds is 4. The van der Waals surface area contributed by atoms with E-state index >= 15 is 0 Å². The van der Waals surface area contributed by atoms with Gasteiger partial charge in [-0.05, 0) is 12.1 Å². The quantitative estimate of drug-likeness (QED) is 0.463. The number of benzene rings is 1. The fraction of sp³-hybridized carbons (Fsp3) is 0.0909. The van der Waals surface area contributed by atoms with E-state index in [4.69, 9.17) is 10.2 Å². The van der Waals surface area contributed by atoms with Gasteiger partial charge in [-0.25, -0.2) is 4.79 Å². The third-order valence-corrected chi connectivity index (χ3v) is 2.03. The maximum Gasteiger partial charge on any atom is 0.335 e. The molecule has 0 saturated carbocycles. The maximum atomic E-state index is 10.8. The second-order valence-corrected chi connectivity index (χ2v) is 3.22. The molecule has 1 aromatic rings. The molecule has 0 heterocycles. The summed E-state index contributed by atoms with van der Waals surface area (Å²) in [6.07, 6.45) is -0.838. The van der Waals surface area contributed by atoms with Crippen LogP contribution in [0.3, 0.4) is 0 Å². The minimum atomic E-state index is -1.55. The van der Waals surface area contributed by atoms with Gasteiger partial charge >= 0.3 is 11.9 Å². The summed E-state index contributed by atoms with van der Waals surface area (Å²) in [6.45, 7) is 0. The van der Waals surface area contributed by atoms with Gasteiger partial charge < -0.3 is 20.4 Å². The summed E-state index contributed by atoms with van der Waals surface area (Å²) < 4.78 is 0. The summed E-state index contributed by atoms with van der Waals surface area (Å²) in [7, 11) is 0. The lowest BCUT2D eigenvalue weighted by Crippen LogP contribution is -2.09. The van der Waals surface area contributed by atoms with Crippen LogP contribution in [0.15, 0.2) is 29.8 Å². The molecular weight excluding hydrogens is 228 g/mol. The number of carboxylic acid groups (broad SMARTS) is 2. The maximum absolute atomic E-state index is 10.8. The second-order valence-electron chi connectivity index (χ2n) is 3.22. The van der Waals surface area contributed by atoms with Crippen LogP contribution < -0.4 is 0 Å². The summed E-state index contributed by atoms with van der Waals surface area (Å²) in [4.78, 5) is 21.3. The Hall–Kier alpha value is -2.50. The van der Waals surface area contributed by atoms with Crippen molar-refractivity contribution in [3.05, 3.63) is 35.4 Å². The van der Waals surface area contributed by atoms with Crippen molar-refractivity contribution in [3.63, 3.8) is 0 Å². The Morgan fingerprint density at radius 3 is 2.12 bits per heavy atom. The zero-order valence-electron chi connectivity index (χ0n) is 8.62. The lowest BCUT2D eigenvalue weighted by Gasteiger charge is -2.06. The third kappa shape index (κ3) is 2.97.